The molecule has 0 saturated carbocycles. The second-order valence-electron chi connectivity index (χ2n) is 7.58. The van der Waals surface area contributed by atoms with Gasteiger partial charge in [0.2, 0.25) is 0 Å². The number of ether oxygens (including phenoxy) is 1. The first-order valence-electron chi connectivity index (χ1n) is 10.2. The van der Waals surface area contributed by atoms with Gasteiger partial charge in [0.05, 0.1) is 0 Å². The number of nitrogens with zero attached hydrogens (tertiary/aromatic N) is 4. The number of hydrogen-bond donors (Lipinski definition) is 0. The first-order valence-corrected chi connectivity index (χ1v) is 10.9. The second-order valence-corrected chi connectivity index (χ2v) is 8.43. The molecule has 0 radical (unpaired) electrons. The van der Waals surface area contributed by atoms with Gasteiger partial charge in [-0.05, 0) is 48.4 Å². The lowest BCUT2D eigenvalue weighted by Crippen LogP contribution is -2.48. The highest BCUT2D eigenvalue weighted by Gasteiger charge is 2.24. The van der Waals surface area contributed by atoms with Gasteiger partial charge >= 0.3 is 0 Å². The van der Waals surface area contributed by atoms with Gasteiger partial charge in [-0.25, -0.2) is 4.68 Å². The number of amides is 1. The predicted octanol–water partition coefficient (Wildman–Crippen LogP) is 4.49. The van der Waals surface area contributed by atoms with Gasteiger partial charge in [-0.1, -0.05) is 41.4 Å². The minimum atomic E-state index is -0.0567. The molecule has 0 atom stereocenters. The third kappa shape index (κ3) is 5.39. The summed E-state index contributed by atoms with van der Waals surface area (Å²) in [5.41, 5.74) is 2.49. The molecule has 3 aromatic rings. The first kappa shape index (κ1) is 21.7. The summed E-state index contributed by atoms with van der Waals surface area (Å²) < 4.78 is 7.42. The minimum Gasteiger partial charge on any atom is -0.471 e. The van der Waals surface area contributed by atoms with Crippen LogP contribution in [0.25, 0.3) is 0 Å². The van der Waals surface area contributed by atoms with E-state index >= 15 is 0 Å². The molecule has 0 N–H and O–H groups in total. The highest BCUT2D eigenvalue weighted by Crippen LogP contribution is 2.22. The van der Waals surface area contributed by atoms with Crippen molar-refractivity contribution in [2.24, 2.45) is 0 Å². The molecule has 2 heterocycles. The SMILES string of the molecule is Cc1cc(Cl)ccc1OCn1ccc(C(=O)N2CCN(Cc3ccccc3Cl)CC2)n1. The fourth-order valence-corrected chi connectivity index (χ4v) is 4.02. The van der Waals surface area contributed by atoms with Gasteiger partial charge in [0.25, 0.3) is 5.91 Å². The quantitative estimate of drug-likeness (QED) is 0.545. The summed E-state index contributed by atoms with van der Waals surface area (Å²) in [6.07, 6.45) is 1.76. The van der Waals surface area contributed by atoms with Crippen LogP contribution in [0.4, 0.5) is 0 Å². The molecular weight excluding hydrogens is 435 g/mol. The summed E-state index contributed by atoms with van der Waals surface area (Å²) in [6, 6.07) is 15.1. The van der Waals surface area contributed by atoms with E-state index in [1.54, 1.807) is 23.0 Å². The Labute approximate surface area is 191 Å². The van der Waals surface area contributed by atoms with Crippen LogP contribution in [0.5, 0.6) is 5.75 Å². The van der Waals surface area contributed by atoms with E-state index in [1.165, 1.54) is 0 Å². The molecule has 1 amide bonds. The van der Waals surface area contributed by atoms with Crippen LogP contribution in [-0.4, -0.2) is 51.7 Å². The molecule has 4 rings (SSSR count). The molecule has 8 heteroatoms. The lowest BCUT2D eigenvalue weighted by Gasteiger charge is -2.34. The number of benzene rings is 2. The Morgan fingerprint density at radius 1 is 1.06 bits per heavy atom. The molecule has 1 saturated heterocycles. The van der Waals surface area contributed by atoms with Crippen molar-refractivity contribution in [3.05, 3.63) is 81.6 Å². The van der Waals surface area contributed by atoms with Crippen molar-refractivity contribution in [1.29, 1.82) is 0 Å². The summed E-state index contributed by atoms with van der Waals surface area (Å²) in [5, 5.41) is 5.84. The van der Waals surface area contributed by atoms with Crippen LogP contribution in [0.1, 0.15) is 21.6 Å². The molecular formula is C23H24Cl2N4O2. The van der Waals surface area contributed by atoms with Crippen LogP contribution in [-0.2, 0) is 13.3 Å². The number of hydrogen-bond acceptors (Lipinski definition) is 4. The maximum atomic E-state index is 12.9. The molecule has 1 aliphatic rings. The van der Waals surface area contributed by atoms with Crippen molar-refractivity contribution in [3.63, 3.8) is 0 Å². The Hall–Kier alpha value is -2.54. The van der Waals surface area contributed by atoms with Gasteiger partial charge in [-0.2, -0.15) is 5.10 Å². The van der Waals surface area contributed by atoms with Crippen molar-refractivity contribution >= 4 is 29.1 Å². The molecule has 0 spiro atoms. The summed E-state index contributed by atoms with van der Waals surface area (Å²) in [5.74, 6) is 0.682. The molecule has 2 aromatic carbocycles. The van der Waals surface area contributed by atoms with Crippen LogP contribution in [0.2, 0.25) is 10.0 Å². The number of aromatic nitrogens is 2. The van der Waals surface area contributed by atoms with Gasteiger partial charge in [-0.15, -0.1) is 0 Å². The number of piperazine rings is 1. The molecule has 0 unspecified atom stereocenters. The average molecular weight is 459 g/mol. The summed E-state index contributed by atoms with van der Waals surface area (Å²) in [6.45, 7) is 5.88. The highest BCUT2D eigenvalue weighted by molar-refractivity contribution is 6.31. The van der Waals surface area contributed by atoms with Crippen LogP contribution in [0, 0.1) is 6.92 Å². The number of rotatable bonds is 6. The Bertz CT molecular complexity index is 1060. The Balaban J connectivity index is 1.29. The first-order chi connectivity index (χ1) is 15.0. The predicted molar refractivity (Wildman–Crippen MR) is 122 cm³/mol. The number of aryl methyl sites for hydroxylation is 1. The number of carbonyl (C=O) groups excluding carboxylic acids is 1. The smallest absolute Gasteiger partial charge is 0.274 e. The highest BCUT2D eigenvalue weighted by atomic mass is 35.5. The zero-order chi connectivity index (χ0) is 21.8. The van der Waals surface area contributed by atoms with Crippen molar-refractivity contribution < 1.29 is 9.53 Å². The minimum absolute atomic E-state index is 0.0567. The molecule has 1 aromatic heterocycles. The van der Waals surface area contributed by atoms with E-state index in [-0.39, 0.29) is 12.6 Å². The van der Waals surface area contributed by atoms with Gasteiger partial charge < -0.3 is 9.64 Å². The lowest BCUT2D eigenvalue weighted by molar-refractivity contribution is 0.0621. The molecule has 0 bridgehead atoms. The Morgan fingerprint density at radius 2 is 1.84 bits per heavy atom. The van der Waals surface area contributed by atoms with Gasteiger partial charge in [0.1, 0.15) is 5.75 Å². The second kappa shape index (κ2) is 9.73. The Morgan fingerprint density at radius 3 is 2.58 bits per heavy atom. The fourth-order valence-electron chi connectivity index (χ4n) is 3.60. The van der Waals surface area contributed by atoms with E-state index in [1.807, 2.05) is 48.2 Å². The van der Waals surface area contributed by atoms with Crippen LogP contribution in [0.15, 0.2) is 54.7 Å². The largest absolute Gasteiger partial charge is 0.471 e. The summed E-state index contributed by atoms with van der Waals surface area (Å²) in [4.78, 5) is 17.0. The van der Waals surface area contributed by atoms with E-state index in [0.717, 1.165) is 41.5 Å². The van der Waals surface area contributed by atoms with E-state index in [9.17, 15) is 4.79 Å². The lowest BCUT2D eigenvalue weighted by atomic mass is 10.2. The van der Waals surface area contributed by atoms with Crippen molar-refractivity contribution in [2.45, 2.75) is 20.2 Å². The number of carbonyl (C=O) groups is 1. The summed E-state index contributed by atoms with van der Waals surface area (Å²) >= 11 is 12.2. The molecule has 1 fully saturated rings. The monoisotopic (exact) mass is 458 g/mol. The third-order valence-corrected chi connectivity index (χ3v) is 5.96. The van der Waals surface area contributed by atoms with Gasteiger partial charge in [-0.3, -0.25) is 9.69 Å². The van der Waals surface area contributed by atoms with Crippen LogP contribution >= 0.6 is 23.2 Å². The molecule has 0 aliphatic carbocycles. The standard InChI is InChI=1S/C23H24Cl2N4O2/c1-17-14-19(24)6-7-22(17)31-16-29-9-8-21(26-29)23(30)28-12-10-27(11-13-28)15-18-4-2-3-5-20(18)25/h2-9,14H,10-13,15-16H2,1H3. The molecule has 31 heavy (non-hydrogen) atoms. The zero-order valence-electron chi connectivity index (χ0n) is 17.3. The molecule has 162 valence electrons. The van der Waals surface area contributed by atoms with E-state index in [4.69, 9.17) is 27.9 Å². The van der Waals surface area contributed by atoms with Crippen molar-refractivity contribution in [2.75, 3.05) is 26.2 Å². The normalized spacial score (nSPS) is 14.6. The third-order valence-electron chi connectivity index (χ3n) is 5.36. The molecule has 1 aliphatic heterocycles. The van der Waals surface area contributed by atoms with Crippen molar-refractivity contribution in [1.82, 2.24) is 19.6 Å². The Kier molecular flexibility index (Phi) is 6.80. The van der Waals surface area contributed by atoms with Crippen LogP contribution < -0.4 is 4.74 Å². The van der Waals surface area contributed by atoms with Gasteiger partial charge in [0.15, 0.2) is 12.4 Å². The van der Waals surface area contributed by atoms with E-state index in [0.29, 0.717) is 23.8 Å². The van der Waals surface area contributed by atoms with E-state index in [2.05, 4.69) is 10.00 Å². The van der Waals surface area contributed by atoms with E-state index < -0.39 is 0 Å². The van der Waals surface area contributed by atoms with Gasteiger partial charge in [0, 0.05) is 49.0 Å². The van der Waals surface area contributed by atoms with Crippen LogP contribution in [0.3, 0.4) is 0 Å². The maximum absolute atomic E-state index is 12.9. The maximum Gasteiger partial charge on any atom is 0.274 e. The number of halogens is 2. The van der Waals surface area contributed by atoms with Crippen molar-refractivity contribution in [3.8, 4) is 5.75 Å². The molecule has 6 nitrogen and oxygen atoms in total. The zero-order valence-corrected chi connectivity index (χ0v) is 18.8. The fraction of sp³-hybridized carbons (Fsp3) is 0.304. The summed E-state index contributed by atoms with van der Waals surface area (Å²) in [7, 11) is 0. The average Bonchev–Trinajstić information content (AvgIpc) is 3.24. The topological polar surface area (TPSA) is 50.6 Å².